The Morgan fingerprint density at radius 3 is 2.60 bits per heavy atom. The summed E-state index contributed by atoms with van der Waals surface area (Å²) in [7, 11) is 0. The SMILES string of the molecule is Nc1nccnc1-c1ccc(F)cc1Br. The summed E-state index contributed by atoms with van der Waals surface area (Å²) in [5.74, 6) is 0.0119. The van der Waals surface area contributed by atoms with Crippen molar-refractivity contribution in [3.8, 4) is 11.3 Å². The van der Waals surface area contributed by atoms with Crippen LogP contribution in [0, 0.1) is 5.82 Å². The Kier molecular flexibility index (Phi) is 2.64. The van der Waals surface area contributed by atoms with Gasteiger partial charge >= 0.3 is 0 Å². The molecule has 3 nitrogen and oxygen atoms in total. The first-order valence-electron chi connectivity index (χ1n) is 4.20. The zero-order valence-corrected chi connectivity index (χ0v) is 9.20. The van der Waals surface area contributed by atoms with E-state index in [1.54, 1.807) is 12.3 Å². The van der Waals surface area contributed by atoms with E-state index in [-0.39, 0.29) is 5.82 Å². The van der Waals surface area contributed by atoms with Crippen molar-refractivity contribution in [1.29, 1.82) is 0 Å². The lowest BCUT2D eigenvalue weighted by Gasteiger charge is -2.05. The Morgan fingerprint density at radius 2 is 1.93 bits per heavy atom. The molecule has 0 atom stereocenters. The second-order valence-corrected chi connectivity index (χ2v) is 3.77. The van der Waals surface area contributed by atoms with Crippen LogP contribution >= 0.6 is 15.9 Å². The first kappa shape index (κ1) is 10.0. The van der Waals surface area contributed by atoms with Crippen LogP contribution in [0.4, 0.5) is 10.2 Å². The van der Waals surface area contributed by atoms with E-state index in [1.807, 2.05) is 0 Å². The molecule has 76 valence electrons. The van der Waals surface area contributed by atoms with Gasteiger partial charge in [0.05, 0.1) is 0 Å². The third-order valence-electron chi connectivity index (χ3n) is 1.91. The van der Waals surface area contributed by atoms with Crippen LogP contribution in [0.1, 0.15) is 0 Å². The highest BCUT2D eigenvalue weighted by molar-refractivity contribution is 9.10. The van der Waals surface area contributed by atoms with E-state index in [4.69, 9.17) is 5.73 Å². The smallest absolute Gasteiger partial charge is 0.150 e. The van der Waals surface area contributed by atoms with E-state index in [2.05, 4.69) is 25.9 Å². The largest absolute Gasteiger partial charge is 0.382 e. The Hall–Kier alpha value is -1.49. The third kappa shape index (κ3) is 1.97. The summed E-state index contributed by atoms with van der Waals surface area (Å²) in [6, 6.07) is 4.33. The molecule has 0 unspecified atom stereocenters. The maximum Gasteiger partial charge on any atom is 0.150 e. The van der Waals surface area contributed by atoms with Crippen molar-refractivity contribution in [2.24, 2.45) is 0 Å². The number of halogens is 2. The van der Waals surface area contributed by atoms with Gasteiger partial charge in [-0.25, -0.2) is 9.37 Å². The fourth-order valence-corrected chi connectivity index (χ4v) is 1.78. The molecule has 5 heteroatoms. The van der Waals surface area contributed by atoms with Gasteiger partial charge in [0.1, 0.15) is 17.3 Å². The number of nitrogens with zero attached hydrogens (tertiary/aromatic N) is 2. The number of nitrogens with two attached hydrogens (primary N) is 1. The predicted molar refractivity (Wildman–Crippen MR) is 59.5 cm³/mol. The van der Waals surface area contributed by atoms with Crippen LogP contribution < -0.4 is 5.73 Å². The molecule has 0 saturated carbocycles. The first-order chi connectivity index (χ1) is 7.18. The quantitative estimate of drug-likeness (QED) is 0.864. The van der Waals surface area contributed by atoms with E-state index in [0.717, 1.165) is 5.56 Å². The summed E-state index contributed by atoms with van der Waals surface area (Å²) in [6.07, 6.45) is 3.05. The van der Waals surface area contributed by atoms with Crippen molar-refractivity contribution in [3.63, 3.8) is 0 Å². The monoisotopic (exact) mass is 267 g/mol. The van der Waals surface area contributed by atoms with Crippen LogP contribution in [0.3, 0.4) is 0 Å². The van der Waals surface area contributed by atoms with Gasteiger partial charge in [0, 0.05) is 22.4 Å². The number of rotatable bonds is 1. The minimum Gasteiger partial charge on any atom is -0.382 e. The van der Waals surface area contributed by atoms with Gasteiger partial charge in [0.25, 0.3) is 0 Å². The molecule has 0 aliphatic rings. The minimum atomic E-state index is -0.312. The Morgan fingerprint density at radius 1 is 1.20 bits per heavy atom. The molecule has 0 bridgehead atoms. The molecule has 0 radical (unpaired) electrons. The Bertz CT molecular complexity index is 502. The number of anilines is 1. The minimum absolute atomic E-state index is 0.312. The summed E-state index contributed by atoms with van der Waals surface area (Å²) >= 11 is 3.25. The number of hydrogen-bond donors (Lipinski definition) is 1. The van der Waals surface area contributed by atoms with Gasteiger partial charge in [-0.1, -0.05) is 0 Å². The second kappa shape index (κ2) is 3.94. The van der Waals surface area contributed by atoms with Gasteiger partial charge in [-0.15, -0.1) is 0 Å². The highest BCUT2D eigenvalue weighted by atomic mass is 79.9. The highest BCUT2D eigenvalue weighted by Crippen LogP contribution is 2.29. The zero-order valence-electron chi connectivity index (χ0n) is 7.61. The van der Waals surface area contributed by atoms with Gasteiger partial charge in [-0.05, 0) is 34.1 Å². The number of aromatic nitrogens is 2. The van der Waals surface area contributed by atoms with Crippen LogP contribution in [0.2, 0.25) is 0 Å². The highest BCUT2D eigenvalue weighted by Gasteiger charge is 2.09. The lowest BCUT2D eigenvalue weighted by atomic mass is 10.1. The Balaban J connectivity index is 2.60. The van der Waals surface area contributed by atoms with Gasteiger partial charge in [-0.2, -0.15) is 0 Å². The maximum atomic E-state index is 12.9. The number of nitrogen functional groups attached to an aromatic ring is 1. The fourth-order valence-electron chi connectivity index (χ4n) is 1.24. The van der Waals surface area contributed by atoms with Gasteiger partial charge in [-0.3, -0.25) is 4.98 Å². The molecule has 0 amide bonds. The molecule has 15 heavy (non-hydrogen) atoms. The molecule has 2 rings (SSSR count). The Labute approximate surface area is 94.3 Å². The van der Waals surface area contributed by atoms with E-state index in [0.29, 0.717) is 16.0 Å². The average molecular weight is 268 g/mol. The average Bonchev–Trinajstić information content (AvgIpc) is 2.20. The van der Waals surface area contributed by atoms with Crippen LogP contribution in [-0.2, 0) is 0 Å². The summed E-state index contributed by atoms with van der Waals surface area (Å²) < 4.78 is 13.5. The molecule has 0 spiro atoms. The van der Waals surface area contributed by atoms with E-state index in [9.17, 15) is 4.39 Å². The molecule has 0 aliphatic heterocycles. The van der Waals surface area contributed by atoms with Crippen LogP contribution in [-0.4, -0.2) is 9.97 Å². The van der Waals surface area contributed by atoms with Crippen molar-refractivity contribution < 1.29 is 4.39 Å². The molecular formula is C10H7BrFN3. The molecular weight excluding hydrogens is 261 g/mol. The van der Waals surface area contributed by atoms with Crippen molar-refractivity contribution in [3.05, 3.63) is 40.9 Å². The van der Waals surface area contributed by atoms with Gasteiger partial charge in [0.15, 0.2) is 0 Å². The fraction of sp³-hybridized carbons (Fsp3) is 0. The van der Waals surface area contributed by atoms with E-state index >= 15 is 0 Å². The molecule has 0 saturated heterocycles. The van der Waals surface area contributed by atoms with Gasteiger partial charge in [0.2, 0.25) is 0 Å². The predicted octanol–water partition coefficient (Wildman–Crippen LogP) is 2.63. The normalized spacial score (nSPS) is 10.3. The van der Waals surface area contributed by atoms with Crippen molar-refractivity contribution in [2.45, 2.75) is 0 Å². The number of hydrogen-bond acceptors (Lipinski definition) is 3. The number of benzene rings is 1. The van der Waals surface area contributed by atoms with Gasteiger partial charge < -0.3 is 5.73 Å². The standard InChI is InChI=1S/C10H7BrFN3/c11-8-5-6(12)1-2-7(8)9-10(13)15-4-3-14-9/h1-5H,(H2,13,15). The van der Waals surface area contributed by atoms with Crippen molar-refractivity contribution in [1.82, 2.24) is 9.97 Å². The molecule has 0 aliphatic carbocycles. The van der Waals surface area contributed by atoms with Crippen LogP contribution in [0.5, 0.6) is 0 Å². The van der Waals surface area contributed by atoms with Crippen molar-refractivity contribution >= 4 is 21.7 Å². The zero-order chi connectivity index (χ0) is 10.8. The lowest BCUT2D eigenvalue weighted by Crippen LogP contribution is -1.96. The van der Waals surface area contributed by atoms with E-state index in [1.165, 1.54) is 18.3 Å². The lowest BCUT2D eigenvalue weighted by molar-refractivity contribution is 0.627. The summed E-state index contributed by atoms with van der Waals surface area (Å²) in [6.45, 7) is 0. The molecule has 1 aromatic carbocycles. The van der Waals surface area contributed by atoms with Crippen LogP contribution in [0.25, 0.3) is 11.3 Å². The second-order valence-electron chi connectivity index (χ2n) is 2.91. The maximum absolute atomic E-state index is 12.9. The van der Waals surface area contributed by atoms with Crippen molar-refractivity contribution in [2.75, 3.05) is 5.73 Å². The van der Waals surface area contributed by atoms with E-state index < -0.39 is 0 Å². The summed E-state index contributed by atoms with van der Waals surface area (Å²) in [4.78, 5) is 8.02. The molecule has 2 aromatic rings. The molecule has 1 aromatic heterocycles. The molecule has 0 fully saturated rings. The van der Waals surface area contributed by atoms with Crippen LogP contribution in [0.15, 0.2) is 35.1 Å². The first-order valence-corrected chi connectivity index (χ1v) is 4.99. The summed E-state index contributed by atoms with van der Waals surface area (Å²) in [5.41, 5.74) is 6.94. The third-order valence-corrected chi connectivity index (χ3v) is 2.57. The topological polar surface area (TPSA) is 51.8 Å². The molecule has 2 N–H and O–H groups in total. The summed E-state index contributed by atoms with van der Waals surface area (Å²) in [5, 5.41) is 0. The molecule has 1 heterocycles.